The Hall–Kier alpha value is -0.840. The lowest BCUT2D eigenvalue weighted by Gasteiger charge is -2.08. The molecular weight excluding hydrogens is 436 g/mol. The van der Waals surface area contributed by atoms with Crippen LogP contribution in [0.3, 0.4) is 0 Å². The van der Waals surface area contributed by atoms with Crippen molar-refractivity contribution < 1.29 is 10.3 Å². The van der Waals surface area contributed by atoms with Crippen molar-refractivity contribution >= 4 is 0 Å². The fourth-order valence-corrected chi connectivity index (χ4v) is 4.74. The van der Waals surface area contributed by atoms with E-state index in [2.05, 4.69) is 25.9 Å². The maximum atomic E-state index is 8.36. The molecule has 0 radical (unpaired) electrons. The second-order valence-corrected chi connectivity index (χ2v) is 10.9. The van der Waals surface area contributed by atoms with Crippen molar-refractivity contribution in [3.8, 4) is 0 Å². The van der Waals surface area contributed by atoms with Crippen molar-refractivity contribution in [1.82, 2.24) is 4.90 Å². The molecule has 0 fully saturated rings. The van der Waals surface area contributed by atoms with Crippen LogP contribution in [-0.2, 0) is 0 Å². The summed E-state index contributed by atoms with van der Waals surface area (Å²) in [6.07, 6.45) is 38.3. The van der Waals surface area contributed by atoms with Crippen molar-refractivity contribution in [2.75, 3.05) is 20.6 Å². The van der Waals surface area contributed by atoms with E-state index in [0.29, 0.717) is 0 Å². The second-order valence-electron chi connectivity index (χ2n) is 10.9. The minimum atomic E-state index is -1.50. The zero-order valence-electron chi connectivity index (χ0n) is 24.3. The lowest BCUT2D eigenvalue weighted by molar-refractivity contribution is -0.742. The first kappa shape index (κ1) is 36.3. The maximum Gasteiger partial charge on any atom is 0.291 e. The Kier molecular flexibility index (Phi) is 34.4. The maximum absolute atomic E-state index is 8.36. The van der Waals surface area contributed by atoms with E-state index in [0.717, 1.165) is 0 Å². The summed E-state index contributed by atoms with van der Waals surface area (Å²) in [4.78, 5) is 10.7. The van der Waals surface area contributed by atoms with Gasteiger partial charge in [0.1, 0.15) is 0 Å². The zero-order valence-corrected chi connectivity index (χ0v) is 24.3. The highest BCUT2D eigenvalue weighted by molar-refractivity contribution is 4.52. The lowest BCUT2D eigenvalue weighted by atomic mass is 10.0. The predicted octanol–water partition coefficient (Wildman–Crippen LogP) is 10.4. The van der Waals surface area contributed by atoms with Gasteiger partial charge >= 0.3 is 0 Å². The average molecular weight is 501 g/mol. The summed E-state index contributed by atoms with van der Waals surface area (Å²) < 4.78 is 0. The number of nitrogens with zero attached hydrogens (tertiary/aromatic N) is 2. The summed E-state index contributed by atoms with van der Waals surface area (Å²) in [7, 11) is 4.36. The largest absolute Gasteiger partial charge is 0.328 e. The molecule has 0 bridgehead atoms. The summed E-state index contributed by atoms with van der Waals surface area (Å²) in [5.41, 5.74) is 0. The first-order valence-electron chi connectivity index (χ1n) is 15.5. The average Bonchev–Trinajstić information content (AvgIpc) is 2.81. The molecule has 35 heavy (non-hydrogen) atoms. The van der Waals surface area contributed by atoms with Crippen molar-refractivity contribution in [3.05, 3.63) is 10.1 Å². The summed E-state index contributed by atoms with van der Waals surface area (Å²) in [6.45, 7) is 3.57. The van der Waals surface area contributed by atoms with Crippen LogP contribution in [0, 0.1) is 10.1 Å². The molecule has 0 aliphatic rings. The Bertz CT molecular complexity index is 388. The molecule has 0 atom stereocenters. The smallest absolute Gasteiger partial charge is 0.291 e. The van der Waals surface area contributed by atoms with Crippen LogP contribution in [-0.4, -0.2) is 35.8 Å². The molecule has 0 spiro atoms. The van der Waals surface area contributed by atoms with Crippen molar-refractivity contribution in [2.24, 2.45) is 0 Å². The third-order valence-electron chi connectivity index (χ3n) is 6.96. The molecular formula is C30H64N2O3. The van der Waals surface area contributed by atoms with Gasteiger partial charge in [-0.3, -0.25) is 0 Å². The summed E-state index contributed by atoms with van der Waals surface area (Å²) in [6, 6.07) is 0. The van der Waals surface area contributed by atoms with Crippen LogP contribution in [0.4, 0.5) is 0 Å². The minimum Gasteiger partial charge on any atom is -0.328 e. The summed E-state index contributed by atoms with van der Waals surface area (Å²) in [5, 5.41) is 13.6. The van der Waals surface area contributed by atoms with Gasteiger partial charge in [-0.1, -0.05) is 167 Å². The molecule has 0 aromatic rings. The Labute approximate surface area is 219 Å². The fourth-order valence-electron chi connectivity index (χ4n) is 4.74. The van der Waals surface area contributed by atoms with Crippen LogP contribution in [0.25, 0.3) is 0 Å². The molecule has 0 heterocycles. The molecule has 212 valence electrons. The summed E-state index contributed by atoms with van der Waals surface area (Å²) >= 11 is 0. The van der Waals surface area contributed by atoms with Gasteiger partial charge in [0.05, 0.1) is 0 Å². The van der Waals surface area contributed by atoms with Gasteiger partial charge < -0.3 is 10.1 Å². The fraction of sp³-hybridized carbons (Fsp3) is 1.00. The van der Waals surface area contributed by atoms with E-state index in [-0.39, 0.29) is 0 Å². The van der Waals surface area contributed by atoms with E-state index in [4.69, 9.17) is 15.3 Å². The first-order chi connectivity index (χ1) is 17.0. The zero-order chi connectivity index (χ0) is 26.2. The molecule has 0 amide bonds. The molecule has 0 aliphatic heterocycles. The highest BCUT2D eigenvalue weighted by atomic mass is 16.9. The lowest BCUT2D eigenvalue weighted by Crippen LogP contribution is -2.12. The van der Waals surface area contributed by atoms with E-state index < -0.39 is 5.09 Å². The van der Waals surface area contributed by atoms with Gasteiger partial charge in [0.2, 0.25) is 0 Å². The summed E-state index contributed by atoms with van der Waals surface area (Å²) in [5.74, 6) is 0. The molecule has 5 nitrogen and oxygen atoms in total. The molecule has 0 aliphatic carbocycles. The van der Waals surface area contributed by atoms with E-state index >= 15 is 0 Å². The van der Waals surface area contributed by atoms with Crippen LogP contribution in [0.2, 0.25) is 0 Å². The van der Waals surface area contributed by atoms with Crippen molar-refractivity contribution in [1.29, 1.82) is 0 Å². The first-order valence-corrected chi connectivity index (χ1v) is 15.5. The molecule has 0 unspecified atom stereocenters. The predicted molar refractivity (Wildman–Crippen MR) is 153 cm³/mol. The molecule has 5 heteroatoms. The van der Waals surface area contributed by atoms with Crippen molar-refractivity contribution in [2.45, 2.75) is 174 Å². The van der Waals surface area contributed by atoms with Gasteiger partial charge in [-0.05, 0) is 27.1 Å². The van der Waals surface area contributed by atoms with Gasteiger partial charge in [0.15, 0.2) is 0 Å². The van der Waals surface area contributed by atoms with Gasteiger partial charge in [-0.2, -0.15) is 0 Å². The van der Waals surface area contributed by atoms with Crippen LogP contribution in [0.5, 0.6) is 0 Å². The molecule has 0 aromatic carbocycles. The van der Waals surface area contributed by atoms with Crippen LogP contribution in [0.15, 0.2) is 0 Å². The Morgan fingerprint density at radius 2 is 0.657 bits per heavy atom. The van der Waals surface area contributed by atoms with E-state index in [9.17, 15) is 0 Å². The topological polar surface area (TPSA) is 66.6 Å². The molecule has 0 saturated heterocycles. The van der Waals surface area contributed by atoms with Crippen LogP contribution < -0.4 is 0 Å². The Morgan fingerprint density at radius 1 is 0.486 bits per heavy atom. The highest BCUT2D eigenvalue weighted by Crippen LogP contribution is 2.15. The van der Waals surface area contributed by atoms with E-state index in [1.165, 1.54) is 173 Å². The van der Waals surface area contributed by atoms with Gasteiger partial charge in [-0.15, -0.1) is 10.1 Å². The van der Waals surface area contributed by atoms with Gasteiger partial charge in [0.25, 0.3) is 5.09 Å². The minimum absolute atomic E-state index is 1.26. The van der Waals surface area contributed by atoms with E-state index in [1.807, 2.05) is 0 Å². The number of unbranched alkanes of at least 4 members (excludes halogenated alkanes) is 25. The quantitative estimate of drug-likeness (QED) is 0.0691. The third kappa shape index (κ3) is 43.6. The standard InChI is InChI=1S/C30H63N.HNO3/c1-4-5-6-7-8-9-10-11-12-13-14-15-16-17-18-19-20-21-22-23-24-25-26-27-28-29-30-31(2)3;2-1(3)4/h4-30H2,1-3H3;(H,2,3,4). The Balaban J connectivity index is 0. The van der Waals surface area contributed by atoms with Crippen LogP contribution >= 0.6 is 0 Å². The monoisotopic (exact) mass is 500 g/mol. The number of rotatable bonds is 27. The van der Waals surface area contributed by atoms with Crippen molar-refractivity contribution in [3.63, 3.8) is 0 Å². The third-order valence-corrected chi connectivity index (χ3v) is 6.96. The van der Waals surface area contributed by atoms with Gasteiger partial charge in [0, 0.05) is 0 Å². The van der Waals surface area contributed by atoms with E-state index in [1.54, 1.807) is 0 Å². The molecule has 1 N–H and O–H groups in total. The number of hydrogen-bond acceptors (Lipinski definition) is 3. The Morgan fingerprint density at radius 3 is 0.829 bits per heavy atom. The molecule has 0 aromatic heterocycles. The number of hydrogen-bond donors (Lipinski definition) is 1. The SMILES string of the molecule is CCCCCCCCCCCCCCCCCCCCCCCCCCCCN(C)C.O=[N+]([O-])O. The second kappa shape index (κ2) is 33.2. The molecule has 0 rings (SSSR count). The molecule has 0 saturated carbocycles. The van der Waals surface area contributed by atoms with Gasteiger partial charge in [-0.25, -0.2) is 0 Å². The normalized spacial score (nSPS) is 11.0. The van der Waals surface area contributed by atoms with Crippen LogP contribution in [0.1, 0.15) is 174 Å². The highest BCUT2D eigenvalue weighted by Gasteiger charge is 1.96.